The molecule has 0 saturated carbocycles. The summed E-state index contributed by atoms with van der Waals surface area (Å²) in [6.45, 7) is 9.98. The Morgan fingerprint density at radius 1 is 1.25 bits per heavy atom. The van der Waals surface area contributed by atoms with E-state index >= 15 is 0 Å². The number of anilines is 1. The van der Waals surface area contributed by atoms with Gasteiger partial charge in [0.2, 0.25) is 5.91 Å². The highest BCUT2D eigenvalue weighted by molar-refractivity contribution is 7.99. The van der Waals surface area contributed by atoms with Crippen LogP contribution in [0.3, 0.4) is 0 Å². The molecule has 0 atom stereocenters. The van der Waals surface area contributed by atoms with E-state index in [4.69, 9.17) is 4.52 Å². The van der Waals surface area contributed by atoms with Crippen molar-refractivity contribution in [3.05, 3.63) is 47.2 Å². The second-order valence-corrected chi connectivity index (χ2v) is 8.45. The van der Waals surface area contributed by atoms with Crippen LogP contribution in [0.25, 0.3) is 5.95 Å². The monoisotopic (exact) mass is 400 g/mol. The van der Waals surface area contributed by atoms with Gasteiger partial charge in [-0.2, -0.15) is 9.78 Å². The molecule has 0 saturated heterocycles. The number of carbonyl (C=O) groups excluding carboxylic acids is 1. The van der Waals surface area contributed by atoms with Crippen molar-refractivity contribution in [2.24, 2.45) is 0 Å². The van der Waals surface area contributed by atoms with E-state index in [2.05, 4.69) is 46.3 Å². The van der Waals surface area contributed by atoms with Crippen LogP contribution in [0.4, 0.5) is 5.82 Å². The Morgan fingerprint density at radius 3 is 2.57 bits per heavy atom. The van der Waals surface area contributed by atoms with Gasteiger partial charge in [0.1, 0.15) is 11.6 Å². The average Bonchev–Trinajstić information content (AvgIpc) is 3.20. The van der Waals surface area contributed by atoms with Crippen molar-refractivity contribution in [3.63, 3.8) is 0 Å². The molecule has 0 bridgehead atoms. The Labute approximate surface area is 168 Å². The first-order valence-corrected chi connectivity index (χ1v) is 10.1. The van der Waals surface area contributed by atoms with Gasteiger partial charge in [-0.25, -0.2) is 9.97 Å². The molecule has 3 rings (SSSR count). The maximum atomic E-state index is 12.5. The minimum absolute atomic E-state index is 0.116. The molecule has 3 heterocycles. The lowest BCUT2D eigenvalue weighted by atomic mass is 9.92. The summed E-state index contributed by atoms with van der Waals surface area (Å²) < 4.78 is 6.73. The second-order valence-electron chi connectivity index (χ2n) is 7.47. The topological polar surface area (TPSA) is 98.7 Å². The minimum Gasteiger partial charge on any atom is -0.361 e. The zero-order valence-electron chi connectivity index (χ0n) is 16.7. The first-order valence-electron chi connectivity index (χ1n) is 8.93. The molecule has 0 unspecified atom stereocenters. The van der Waals surface area contributed by atoms with Gasteiger partial charge in [-0.3, -0.25) is 4.79 Å². The summed E-state index contributed by atoms with van der Waals surface area (Å²) >= 11 is 1.51. The van der Waals surface area contributed by atoms with Crippen LogP contribution >= 0.6 is 11.8 Å². The fourth-order valence-corrected chi connectivity index (χ4v) is 3.50. The van der Waals surface area contributed by atoms with E-state index in [0.29, 0.717) is 23.3 Å². The number of aromatic nitrogens is 5. The van der Waals surface area contributed by atoms with Crippen molar-refractivity contribution < 1.29 is 9.32 Å². The number of hydrogen-bond acceptors (Lipinski definition) is 7. The molecule has 1 N–H and O–H groups in total. The van der Waals surface area contributed by atoms with E-state index in [9.17, 15) is 4.79 Å². The van der Waals surface area contributed by atoms with Gasteiger partial charge in [-0.05, 0) is 19.9 Å². The van der Waals surface area contributed by atoms with Crippen LogP contribution in [-0.2, 0) is 16.0 Å². The highest BCUT2D eigenvalue weighted by atomic mass is 32.2. The summed E-state index contributed by atoms with van der Waals surface area (Å²) in [7, 11) is 0. The molecule has 0 aliphatic carbocycles. The molecule has 0 spiro atoms. The van der Waals surface area contributed by atoms with Crippen LogP contribution < -0.4 is 5.32 Å². The van der Waals surface area contributed by atoms with Crippen LogP contribution in [0.15, 0.2) is 29.0 Å². The Kier molecular flexibility index (Phi) is 5.83. The fourth-order valence-electron chi connectivity index (χ4n) is 2.52. The first-order chi connectivity index (χ1) is 13.3. The van der Waals surface area contributed by atoms with Gasteiger partial charge in [-0.1, -0.05) is 25.9 Å². The number of amides is 1. The molecule has 3 aromatic heterocycles. The minimum atomic E-state index is -0.169. The van der Waals surface area contributed by atoms with E-state index in [1.165, 1.54) is 11.8 Å². The Bertz CT molecular complexity index is 939. The summed E-state index contributed by atoms with van der Waals surface area (Å²) in [4.78, 5) is 21.0. The van der Waals surface area contributed by atoms with Crippen molar-refractivity contribution in [1.82, 2.24) is 24.9 Å². The fraction of sp³-hybridized carbons (Fsp3) is 0.421. The van der Waals surface area contributed by atoms with E-state index in [-0.39, 0.29) is 11.3 Å². The highest BCUT2D eigenvalue weighted by Crippen LogP contribution is 2.26. The molecular weight excluding hydrogens is 376 g/mol. The number of aryl methyl sites for hydroxylation is 2. The van der Waals surface area contributed by atoms with Crippen LogP contribution in [0, 0.1) is 13.8 Å². The zero-order chi connectivity index (χ0) is 20.3. The number of carbonyl (C=O) groups is 1. The highest BCUT2D eigenvalue weighted by Gasteiger charge is 2.22. The van der Waals surface area contributed by atoms with Crippen LogP contribution in [-0.4, -0.2) is 36.6 Å². The summed E-state index contributed by atoms with van der Waals surface area (Å²) in [5, 5.41) is 11.5. The third-order valence-electron chi connectivity index (χ3n) is 4.15. The molecule has 1 amide bonds. The van der Waals surface area contributed by atoms with Gasteiger partial charge in [0.25, 0.3) is 5.95 Å². The van der Waals surface area contributed by atoms with Gasteiger partial charge < -0.3 is 9.84 Å². The molecular formula is C19H24N6O2S. The average molecular weight is 401 g/mol. The molecule has 148 valence electrons. The van der Waals surface area contributed by atoms with Crippen molar-refractivity contribution >= 4 is 23.5 Å². The van der Waals surface area contributed by atoms with Crippen molar-refractivity contribution in [2.45, 2.75) is 45.8 Å². The molecule has 0 radical (unpaired) electrons. The van der Waals surface area contributed by atoms with Crippen LogP contribution in [0.2, 0.25) is 0 Å². The normalized spacial score (nSPS) is 11.6. The maximum absolute atomic E-state index is 12.5. The summed E-state index contributed by atoms with van der Waals surface area (Å²) in [6.07, 6.45) is 3.29. The van der Waals surface area contributed by atoms with Crippen molar-refractivity contribution in [1.29, 1.82) is 0 Å². The number of nitrogens with one attached hydrogen (secondary N) is 1. The van der Waals surface area contributed by atoms with E-state index in [1.807, 2.05) is 19.9 Å². The summed E-state index contributed by atoms with van der Waals surface area (Å²) in [5.74, 6) is 2.61. The molecule has 9 heteroatoms. The summed E-state index contributed by atoms with van der Waals surface area (Å²) in [6, 6.07) is 3.61. The molecule has 0 aliphatic heterocycles. The van der Waals surface area contributed by atoms with Crippen LogP contribution in [0.1, 0.15) is 43.5 Å². The first kappa shape index (κ1) is 20.1. The molecule has 3 aromatic rings. The van der Waals surface area contributed by atoms with E-state index in [0.717, 1.165) is 22.7 Å². The molecule has 0 aromatic carbocycles. The molecule has 0 fully saturated rings. The van der Waals surface area contributed by atoms with Gasteiger partial charge in [-0.15, -0.1) is 11.8 Å². The third-order valence-corrected chi connectivity index (χ3v) is 5.11. The predicted molar refractivity (Wildman–Crippen MR) is 109 cm³/mol. The van der Waals surface area contributed by atoms with E-state index in [1.54, 1.807) is 23.1 Å². The SMILES string of the molecule is Cc1noc(C)c1CSCC(=O)Nc1cc(C(C)(C)C)nn1-c1ncccn1. The molecule has 28 heavy (non-hydrogen) atoms. The number of nitrogens with zero attached hydrogens (tertiary/aromatic N) is 5. The number of thioether (sulfide) groups is 1. The Hall–Kier alpha value is -2.68. The Morgan fingerprint density at radius 2 is 1.96 bits per heavy atom. The molecule has 0 aliphatic rings. The van der Waals surface area contributed by atoms with Gasteiger partial charge in [0, 0.05) is 35.2 Å². The summed E-state index contributed by atoms with van der Waals surface area (Å²) in [5.41, 5.74) is 2.58. The third kappa shape index (κ3) is 4.59. The number of hydrogen-bond donors (Lipinski definition) is 1. The Balaban J connectivity index is 1.72. The van der Waals surface area contributed by atoms with Crippen LogP contribution in [0.5, 0.6) is 0 Å². The van der Waals surface area contributed by atoms with Crippen molar-refractivity contribution in [2.75, 3.05) is 11.1 Å². The standard InChI is InChI=1S/C19H24N6O2S/c1-12-14(13(2)27-24-12)10-28-11-17(26)22-16-9-15(19(3,4)5)23-25(16)18-20-7-6-8-21-18/h6-9H,10-11H2,1-5H3,(H,22,26). The lowest BCUT2D eigenvalue weighted by Gasteiger charge is -2.13. The van der Waals surface area contributed by atoms with E-state index < -0.39 is 0 Å². The van der Waals surface area contributed by atoms with Crippen molar-refractivity contribution in [3.8, 4) is 5.95 Å². The smallest absolute Gasteiger partial charge is 0.252 e. The zero-order valence-corrected chi connectivity index (χ0v) is 17.5. The van der Waals surface area contributed by atoms with Gasteiger partial charge >= 0.3 is 0 Å². The number of rotatable bonds is 6. The largest absolute Gasteiger partial charge is 0.361 e. The second kappa shape index (κ2) is 8.14. The predicted octanol–water partition coefficient (Wildman–Crippen LogP) is 3.44. The quantitative estimate of drug-likeness (QED) is 0.677. The molecule has 8 nitrogen and oxygen atoms in total. The maximum Gasteiger partial charge on any atom is 0.252 e. The van der Waals surface area contributed by atoms with Gasteiger partial charge in [0.15, 0.2) is 0 Å². The van der Waals surface area contributed by atoms with Gasteiger partial charge in [0.05, 0.1) is 17.1 Å². The lowest BCUT2D eigenvalue weighted by molar-refractivity contribution is -0.113. The lowest BCUT2D eigenvalue weighted by Crippen LogP contribution is -2.18.